The third-order valence-electron chi connectivity index (χ3n) is 2.51. The summed E-state index contributed by atoms with van der Waals surface area (Å²) in [6, 6.07) is -0.0741. The number of ether oxygens (including phenoxy) is 1. The Morgan fingerprint density at radius 3 is 2.46 bits per heavy atom. The largest absolute Gasteiger partial charge is 0.376 e. The molecule has 0 radical (unpaired) electrons. The van der Waals surface area contributed by atoms with Crippen molar-refractivity contribution >= 4 is 11.8 Å². The zero-order valence-corrected chi connectivity index (χ0v) is 7.40. The molecule has 0 aromatic carbocycles. The molecule has 13 heavy (non-hydrogen) atoms. The predicted octanol–water partition coefficient (Wildman–Crippen LogP) is 0.0888. The van der Waals surface area contributed by atoms with E-state index in [4.69, 9.17) is 4.74 Å². The maximum Gasteiger partial charge on any atom is 0.253 e. The maximum absolute atomic E-state index is 11.3. The van der Waals surface area contributed by atoms with Crippen LogP contribution in [0.3, 0.4) is 0 Å². The summed E-state index contributed by atoms with van der Waals surface area (Å²) >= 11 is 0. The minimum Gasteiger partial charge on any atom is -0.376 e. The fraction of sp³-hybridized carbons (Fsp3) is 0.556. The predicted molar refractivity (Wildman–Crippen MR) is 44.8 cm³/mol. The van der Waals surface area contributed by atoms with Crippen molar-refractivity contribution < 1.29 is 14.3 Å². The molecule has 0 saturated carbocycles. The highest BCUT2D eigenvalue weighted by molar-refractivity contribution is 6.13. The van der Waals surface area contributed by atoms with E-state index in [1.54, 1.807) is 0 Å². The molecule has 0 spiro atoms. The first-order valence-electron chi connectivity index (χ1n) is 4.37. The van der Waals surface area contributed by atoms with E-state index < -0.39 is 0 Å². The smallest absolute Gasteiger partial charge is 0.253 e. The van der Waals surface area contributed by atoms with Gasteiger partial charge in [0.15, 0.2) is 0 Å². The van der Waals surface area contributed by atoms with Crippen LogP contribution in [0.25, 0.3) is 0 Å². The van der Waals surface area contributed by atoms with Crippen molar-refractivity contribution in [3.05, 3.63) is 12.2 Å². The Bertz CT molecular complexity index is 267. The van der Waals surface area contributed by atoms with E-state index in [0.717, 1.165) is 6.42 Å². The van der Waals surface area contributed by atoms with E-state index in [9.17, 15) is 9.59 Å². The summed E-state index contributed by atoms with van der Waals surface area (Å²) in [6.45, 7) is 2.51. The summed E-state index contributed by atoms with van der Waals surface area (Å²) < 4.78 is 5.30. The van der Waals surface area contributed by atoms with Crippen LogP contribution in [0.1, 0.15) is 13.3 Å². The Morgan fingerprint density at radius 1 is 1.38 bits per heavy atom. The lowest BCUT2D eigenvalue weighted by molar-refractivity contribution is -0.140. The van der Waals surface area contributed by atoms with Crippen molar-refractivity contribution in [1.29, 1.82) is 0 Å². The van der Waals surface area contributed by atoms with E-state index >= 15 is 0 Å². The van der Waals surface area contributed by atoms with Crippen LogP contribution in [0.5, 0.6) is 0 Å². The Hall–Kier alpha value is -1.16. The van der Waals surface area contributed by atoms with Gasteiger partial charge in [-0.25, -0.2) is 0 Å². The van der Waals surface area contributed by atoms with Gasteiger partial charge in [0.25, 0.3) is 11.8 Å². The van der Waals surface area contributed by atoms with Gasteiger partial charge in [0.2, 0.25) is 0 Å². The topological polar surface area (TPSA) is 46.6 Å². The summed E-state index contributed by atoms with van der Waals surface area (Å²) in [5.74, 6) is -0.431. The second-order valence-electron chi connectivity index (χ2n) is 3.31. The van der Waals surface area contributed by atoms with Crippen molar-refractivity contribution in [2.24, 2.45) is 0 Å². The zero-order chi connectivity index (χ0) is 9.42. The number of nitrogens with zero attached hydrogens (tertiary/aromatic N) is 1. The molecule has 4 heteroatoms. The number of carbonyl (C=O) groups is 2. The Kier molecular flexibility index (Phi) is 1.92. The van der Waals surface area contributed by atoms with Gasteiger partial charge in [-0.3, -0.25) is 14.5 Å². The molecule has 2 aliphatic heterocycles. The summed E-state index contributed by atoms with van der Waals surface area (Å²) in [6.07, 6.45) is 3.34. The molecule has 2 aliphatic rings. The van der Waals surface area contributed by atoms with Gasteiger partial charge in [-0.05, 0) is 13.3 Å². The van der Waals surface area contributed by atoms with Crippen molar-refractivity contribution in [3.63, 3.8) is 0 Å². The quantitative estimate of drug-likeness (QED) is 0.538. The lowest BCUT2D eigenvalue weighted by Gasteiger charge is -2.23. The second-order valence-corrected chi connectivity index (χ2v) is 3.31. The normalized spacial score (nSPS) is 33.5. The highest BCUT2D eigenvalue weighted by atomic mass is 16.5. The van der Waals surface area contributed by atoms with Crippen molar-refractivity contribution in [2.75, 3.05) is 6.61 Å². The summed E-state index contributed by atoms with van der Waals surface area (Å²) in [7, 11) is 0. The molecule has 2 atom stereocenters. The SMILES string of the molecule is CC1OCCC1N1C(=O)C=CC1=O. The molecule has 4 nitrogen and oxygen atoms in total. The molecule has 70 valence electrons. The molecule has 0 bridgehead atoms. The number of amides is 2. The average Bonchev–Trinajstić information content (AvgIpc) is 2.60. The molecular weight excluding hydrogens is 170 g/mol. The monoisotopic (exact) mass is 181 g/mol. The molecule has 2 unspecified atom stereocenters. The van der Waals surface area contributed by atoms with Crippen LogP contribution in [0, 0.1) is 0 Å². The van der Waals surface area contributed by atoms with E-state index in [1.165, 1.54) is 17.1 Å². The van der Waals surface area contributed by atoms with Gasteiger partial charge in [0.1, 0.15) is 0 Å². The highest BCUT2D eigenvalue weighted by Crippen LogP contribution is 2.22. The van der Waals surface area contributed by atoms with Gasteiger partial charge in [0.05, 0.1) is 12.1 Å². The number of rotatable bonds is 1. The van der Waals surface area contributed by atoms with Crippen molar-refractivity contribution in [3.8, 4) is 0 Å². The molecule has 0 aromatic rings. The van der Waals surface area contributed by atoms with Crippen LogP contribution in [0.15, 0.2) is 12.2 Å². The van der Waals surface area contributed by atoms with Gasteiger partial charge in [-0.15, -0.1) is 0 Å². The number of hydrogen-bond acceptors (Lipinski definition) is 3. The molecule has 0 aromatic heterocycles. The summed E-state index contributed by atoms with van der Waals surface area (Å²) in [5, 5.41) is 0. The van der Waals surface area contributed by atoms with E-state index in [-0.39, 0.29) is 24.0 Å². The maximum atomic E-state index is 11.3. The molecule has 1 fully saturated rings. The molecule has 0 aliphatic carbocycles. The third kappa shape index (κ3) is 1.27. The van der Waals surface area contributed by atoms with Crippen LogP contribution in [0.2, 0.25) is 0 Å². The van der Waals surface area contributed by atoms with Crippen LogP contribution >= 0.6 is 0 Å². The van der Waals surface area contributed by atoms with Crippen LogP contribution < -0.4 is 0 Å². The molecule has 1 saturated heterocycles. The van der Waals surface area contributed by atoms with Crippen LogP contribution in [-0.2, 0) is 14.3 Å². The van der Waals surface area contributed by atoms with Crippen LogP contribution in [0.4, 0.5) is 0 Å². The minimum atomic E-state index is -0.215. The Morgan fingerprint density at radius 2 is 2.00 bits per heavy atom. The molecular formula is C9H11NO3. The van der Waals surface area contributed by atoms with E-state index in [1.807, 2.05) is 6.92 Å². The van der Waals surface area contributed by atoms with Crippen molar-refractivity contribution in [2.45, 2.75) is 25.5 Å². The Balaban J connectivity index is 2.16. The zero-order valence-electron chi connectivity index (χ0n) is 7.40. The fourth-order valence-electron chi connectivity index (χ4n) is 1.80. The van der Waals surface area contributed by atoms with Crippen LogP contribution in [-0.4, -0.2) is 35.5 Å². The number of imide groups is 1. The second kappa shape index (κ2) is 2.96. The number of hydrogen-bond donors (Lipinski definition) is 0. The molecule has 2 rings (SSSR count). The van der Waals surface area contributed by atoms with Gasteiger partial charge < -0.3 is 4.74 Å². The van der Waals surface area contributed by atoms with Gasteiger partial charge >= 0.3 is 0 Å². The standard InChI is InChI=1S/C9H11NO3/c1-6-7(4-5-13-6)10-8(11)2-3-9(10)12/h2-3,6-7H,4-5H2,1H3. The van der Waals surface area contributed by atoms with Gasteiger partial charge in [-0.2, -0.15) is 0 Å². The molecule has 2 amide bonds. The third-order valence-corrected chi connectivity index (χ3v) is 2.51. The summed E-state index contributed by atoms with van der Waals surface area (Å²) in [4.78, 5) is 23.8. The fourth-order valence-corrected chi connectivity index (χ4v) is 1.80. The first-order chi connectivity index (χ1) is 6.20. The minimum absolute atomic E-state index is 0.0344. The van der Waals surface area contributed by atoms with Crippen molar-refractivity contribution in [1.82, 2.24) is 4.90 Å². The average molecular weight is 181 g/mol. The van der Waals surface area contributed by atoms with Gasteiger partial charge in [0, 0.05) is 18.8 Å². The molecule has 2 heterocycles. The Labute approximate surface area is 76.2 Å². The molecule has 0 N–H and O–H groups in total. The van der Waals surface area contributed by atoms with Gasteiger partial charge in [-0.1, -0.05) is 0 Å². The lowest BCUT2D eigenvalue weighted by Crippen LogP contribution is -2.43. The van der Waals surface area contributed by atoms with E-state index in [2.05, 4.69) is 0 Å². The summed E-state index contributed by atoms with van der Waals surface area (Å²) in [5.41, 5.74) is 0. The highest BCUT2D eigenvalue weighted by Gasteiger charge is 2.37. The number of carbonyl (C=O) groups excluding carboxylic acids is 2. The first kappa shape index (κ1) is 8.44. The first-order valence-corrected chi connectivity index (χ1v) is 4.37. The lowest BCUT2D eigenvalue weighted by atomic mass is 10.1. The van der Waals surface area contributed by atoms with E-state index in [0.29, 0.717) is 6.61 Å².